The van der Waals surface area contributed by atoms with Gasteiger partial charge in [-0.1, -0.05) is 0 Å². The lowest BCUT2D eigenvalue weighted by Crippen LogP contribution is -2.18. The Morgan fingerprint density at radius 2 is 1.89 bits per heavy atom. The van der Waals surface area contributed by atoms with Gasteiger partial charge in [0.2, 0.25) is 11.8 Å². The molecule has 1 aliphatic rings. The van der Waals surface area contributed by atoms with Crippen LogP contribution in [0.4, 0.5) is 5.69 Å². The Morgan fingerprint density at radius 1 is 1.28 bits per heavy atom. The molecule has 0 saturated heterocycles. The number of primary amides is 1. The molecule has 96 valence electrons. The van der Waals surface area contributed by atoms with Crippen LogP contribution in [0.5, 0.6) is 0 Å². The van der Waals surface area contributed by atoms with Gasteiger partial charge in [0.05, 0.1) is 0 Å². The van der Waals surface area contributed by atoms with Crippen LogP contribution >= 0.6 is 12.6 Å². The number of nitrogens with two attached hydrogens (primary N) is 1. The molecule has 3 N–H and O–H groups in total. The Morgan fingerprint density at radius 3 is 2.33 bits per heavy atom. The molecule has 1 aliphatic carbocycles. The normalized spacial score (nSPS) is 16.1. The van der Waals surface area contributed by atoms with Crippen molar-refractivity contribution in [1.29, 1.82) is 0 Å². The molecule has 0 aliphatic heterocycles. The summed E-state index contributed by atoms with van der Waals surface area (Å²) in [5, 5.41) is 2.81. The van der Waals surface area contributed by atoms with Gasteiger partial charge >= 0.3 is 0 Å². The number of hydrogen-bond acceptors (Lipinski definition) is 3. The highest BCUT2D eigenvalue weighted by Crippen LogP contribution is 2.49. The van der Waals surface area contributed by atoms with E-state index < -0.39 is 5.91 Å². The summed E-state index contributed by atoms with van der Waals surface area (Å²) in [5.74, 6) is 0.273. The van der Waals surface area contributed by atoms with Gasteiger partial charge in [-0.15, -0.1) is 0 Å². The summed E-state index contributed by atoms with van der Waals surface area (Å²) in [6, 6.07) is 6.56. The van der Waals surface area contributed by atoms with E-state index in [1.807, 2.05) is 0 Å². The standard InChI is InChI=1S/C13H16N2O2S/c14-12(17)9-1-3-10(4-2-9)15-11(16)7-13(8-18)5-6-13/h1-4,18H,5-8H2,(H2,14,17)(H,15,16). The quantitative estimate of drug-likeness (QED) is 0.710. The molecule has 4 nitrogen and oxygen atoms in total. The van der Waals surface area contributed by atoms with E-state index >= 15 is 0 Å². The number of carbonyl (C=O) groups is 2. The third-order valence-electron chi connectivity index (χ3n) is 3.28. The lowest BCUT2D eigenvalue weighted by atomic mass is 10.1. The fourth-order valence-electron chi connectivity index (χ4n) is 1.83. The van der Waals surface area contributed by atoms with Gasteiger partial charge < -0.3 is 11.1 Å². The van der Waals surface area contributed by atoms with Crippen molar-refractivity contribution in [3.8, 4) is 0 Å². The summed E-state index contributed by atoms with van der Waals surface area (Å²) in [6.45, 7) is 0. The van der Waals surface area contributed by atoms with Gasteiger partial charge in [0.15, 0.2) is 0 Å². The first-order chi connectivity index (χ1) is 8.54. The van der Waals surface area contributed by atoms with Gasteiger partial charge in [0, 0.05) is 17.7 Å². The van der Waals surface area contributed by atoms with E-state index in [4.69, 9.17) is 5.73 Å². The van der Waals surface area contributed by atoms with E-state index in [1.165, 1.54) is 0 Å². The van der Waals surface area contributed by atoms with Gasteiger partial charge in [0.1, 0.15) is 0 Å². The molecular weight excluding hydrogens is 248 g/mol. The zero-order valence-electron chi connectivity index (χ0n) is 9.98. The first kappa shape index (κ1) is 13.0. The highest BCUT2D eigenvalue weighted by atomic mass is 32.1. The van der Waals surface area contributed by atoms with E-state index in [2.05, 4.69) is 17.9 Å². The fraction of sp³-hybridized carbons (Fsp3) is 0.385. The summed E-state index contributed by atoms with van der Waals surface area (Å²) in [6.07, 6.45) is 2.66. The Labute approximate surface area is 111 Å². The van der Waals surface area contributed by atoms with Crippen molar-refractivity contribution in [3.63, 3.8) is 0 Å². The largest absolute Gasteiger partial charge is 0.366 e. The molecule has 0 spiro atoms. The molecule has 2 amide bonds. The van der Waals surface area contributed by atoms with Crippen LogP contribution in [0.25, 0.3) is 0 Å². The molecule has 0 atom stereocenters. The lowest BCUT2D eigenvalue weighted by molar-refractivity contribution is -0.117. The van der Waals surface area contributed by atoms with Crippen molar-refractivity contribution in [2.45, 2.75) is 19.3 Å². The average molecular weight is 264 g/mol. The second kappa shape index (κ2) is 5.02. The lowest BCUT2D eigenvalue weighted by Gasteiger charge is -2.11. The van der Waals surface area contributed by atoms with Crippen molar-refractivity contribution in [2.75, 3.05) is 11.1 Å². The third-order valence-corrected chi connectivity index (χ3v) is 3.95. The summed E-state index contributed by atoms with van der Waals surface area (Å²) in [7, 11) is 0. The summed E-state index contributed by atoms with van der Waals surface area (Å²) in [5.41, 5.74) is 6.36. The summed E-state index contributed by atoms with van der Waals surface area (Å²) < 4.78 is 0. The van der Waals surface area contributed by atoms with Crippen LogP contribution in [0.2, 0.25) is 0 Å². The van der Waals surface area contributed by atoms with Crippen molar-refractivity contribution in [1.82, 2.24) is 0 Å². The maximum absolute atomic E-state index is 11.8. The minimum absolute atomic E-state index is 0.00613. The molecule has 1 aromatic rings. The summed E-state index contributed by atoms with van der Waals surface area (Å²) in [4.78, 5) is 22.7. The average Bonchev–Trinajstić information content (AvgIpc) is 3.10. The minimum Gasteiger partial charge on any atom is -0.366 e. The van der Waals surface area contributed by atoms with E-state index in [0.717, 1.165) is 18.6 Å². The van der Waals surface area contributed by atoms with Gasteiger partial charge in [-0.25, -0.2) is 0 Å². The highest BCUT2D eigenvalue weighted by molar-refractivity contribution is 7.80. The van der Waals surface area contributed by atoms with Crippen LogP contribution in [0.15, 0.2) is 24.3 Å². The van der Waals surface area contributed by atoms with Crippen molar-refractivity contribution < 1.29 is 9.59 Å². The molecule has 2 rings (SSSR count). The highest BCUT2D eigenvalue weighted by Gasteiger charge is 2.42. The van der Waals surface area contributed by atoms with Crippen LogP contribution in [0.3, 0.4) is 0 Å². The van der Waals surface area contributed by atoms with Gasteiger partial charge in [-0.2, -0.15) is 12.6 Å². The Balaban J connectivity index is 1.93. The predicted molar refractivity (Wildman–Crippen MR) is 73.7 cm³/mol. The number of thiol groups is 1. The van der Waals surface area contributed by atoms with E-state index in [-0.39, 0.29) is 11.3 Å². The molecule has 1 saturated carbocycles. The molecule has 1 fully saturated rings. The van der Waals surface area contributed by atoms with Crippen molar-refractivity contribution in [3.05, 3.63) is 29.8 Å². The predicted octanol–water partition coefficient (Wildman–Crippen LogP) is 1.82. The number of benzene rings is 1. The smallest absolute Gasteiger partial charge is 0.248 e. The molecule has 5 heteroatoms. The number of rotatable bonds is 5. The van der Waals surface area contributed by atoms with Crippen molar-refractivity contribution >= 4 is 30.1 Å². The van der Waals surface area contributed by atoms with Gasteiger partial charge in [-0.3, -0.25) is 9.59 Å². The second-order valence-electron chi connectivity index (χ2n) is 4.82. The topological polar surface area (TPSA) is 72.2 Å². The summed E-state index contributed by atoms with van der Waals surface area (Å²) >= 11 is 4.27. The van der Waals surface area contributed by atoms with Crippen molar-refractivity contribution in [2.24, 2.45) is 11.1 Å². The molecule has 0 radical (unpaired) electrons. The van der Waals surface area contributed by atoms with Gasteiger partial charge in [-0.05, 0) is 48.3 Å². The molecule has 0 heterocycles. The van der Waals surface area contributed by atoms with Crippen LogP contribution in [-0.4, -0.2) is 17.6 Å². The number of anilines is 1. The molecular formula is C13H16N2O2S. The zero-order valence-corrected chi connectivity index (χ0v) is 10.9. The van der Waals surface area contributed by atoms with Crippen LogP contribution < -0.4 is 11.1 Å². The maximum atomic E-state index is 11.8. The Bertz CT molecular complexity index is 466. The number of hydrogen-bond donors (Lipinski definition) is 3. The Kier molecular flexibility index (Phi) is 3.61. The van der Waals surface area contributed by atoms with E-state index in [0.29, 0.717) is 17.7 Å². The van der Waals surface area contributed by atoms with Crippen LogP contribution in [-0.2, 0) is 4.79 Å². The first-order valence-corrected chi connectivity index (χ1v) is 6.48. The molecule has 0 aromatic heterocycles. The SMILES string of the molecule is NC(=O)c1ccc(NC(=O)CC2(CS)CC2)cc1. The number of carbonyl (C=O) groups excluding carboxylic acids is 2. The fourth-order valence-corrected chi connectivity index (χ4v) is 2.26. The second-order valence-corrected chi connectivity index (χ2v) is 5.14. The first-order valence-electron chi connectivity index (χ1n) is 5.85. The Hall–Kier alpha value is -1.49. The molecule has 1 aromatic carbocycles. The maximum Gasteiger partial charge on any atom is 0.248 e. The number of amides is 2. The van der Waals surface area contributed by atoms with Crippen LogP contribution in [0, 0.1) is 5.41 Å². The van der Waals surface area contributed by atoms with E-state index in [9.17, 15) is 9.59 Å². The molecule has 0 bridgehead atoms. The van der Waals surface area contributed by atoms with Crippen LogP contribution in [0.1, 0.15) is 29.6 Å². The third kappa shape index (κ3) is 3.04. The monoisotopic (exact) mass is 264 g/mol. The van der Waals surface area contributed by atoms with E-state index in [1.54, 1.807) is 24.3 Å². The molecule has 18 heavy (non-hydrogen) atoms. The zero-order chi connectivity index (χ0) is 13.2. The minimum atomic E-state index is -0.472. The van der Waals surface area contributed by atoms with Gasteiger partial charge in [0.25, 0.3) is 0 Å². The number of nitrogens with one attached hydrogen (secondary N) is 1. The molecule has 0 unspecified atom stereocenters.